The van der Waals surface area contributed by atoms with Gasteiger partial charge >= 0.3 is 0 Å². The van der Waals surface area contributed by atoms with E-state index in [1.54, 1.807) is 23.1 Å². The molecule has 0 amide bonds. The van der Waals surface area contributed by atoms with Crippen molar-refractivity contribution >= 4 is 27.3 Å². The Balaban J connectivity index is 1.64. The van der Waals surface area contributed by atoms with Crippen molar-refractivity contribution in [3.05, 3.63) is 77.2 Å². The number of fused-ring (bicyclic) bond motifs is 4. The van der Waals surface area contributed by atoms with Crippen molar-refractivity contribution < 1.29 is 0 Å². The van der Waals surface area contributed by atoms with E-state index in [2.05, 4.69) is 20.2 Å². The van der Waals surface area contributed by atoms with Gasteiger partial charge in [-0.3, -0.25) is 4.79 Å². The van der Waals surface area contributed by atoms with Crippen LogP contribution in [-0.2, 0) is 6.54 Å². The summed E-state index contributed by atoms with van der Waals surface area (Å²) >= 11 is 0. The van der Waals surface area contributed by atoms with Gasteiger partial charge in [0.1, 0.15) is 12.9 Å². The van der Waals surface area contributed by atoms with Gasteiger partial charge in [-0.1, -0.05) is 30.3 Å². The maximum atomic E-state index is 12.6. The van der Waals surface area contributed by atoms with Gasteiger partial charge in [0.25, 0.3) is 5.56 Å². The molecule has 5 rings (SSSR count). The molecular weight excluding hydrogens is 316 g/mol. The Hall–Kier alpha value is -3.61. The highest BCUT2D eigenvalue weighted by Gasteiger charge is 2.11. The summed E-state index contributed by atoms with van der Waals surface area (Å²) in [5.74, 6) is 0.517. The van der Waals surface area contributed by atoms with Crippen LogP contribution in [0, 0.1) is 0 Å². The first-order valence-electron chi connectivity index (χ1n) is 7.83. The average molecular weight is 328 g/mol. The van der Waals surface area contributed by atoms with Crippen LogP contribution in [0.2, 0.25) is 0 Å². The quantitative estimate of drug-likeness (QED) is 0.495. The van der Waals surface area contributed by atoms with Crippen molar-refractivity contribution in [2.24, 2.45) is 0 Å². The fourth-order valence-corrected chi connectivity index (χ4v) is 2.97. The summed E-state index contributed by atoms with van der Waals surface area (Å²) in [7, 11) is 0. The molecule has 5 aromatic rings. The topological polar surface area (TPSA) is 78.0 Å². The summed E-state index contributed by atoms with van der Waals surface area (Å²) in [4.78, 5) is 21.5. The summed E-state index contributed by atoms with van der Waals surface area (Å²) in [6.07, 6.45) is 3.31. The predicted octanol–water partition coefficient (Wildman–Crippen LogP) is 2.04. The highest BCUT2D eigenvalue weighted by Crippen LogP contribution is 2.16. The van der Waals surface area contributed by atoms with Gasteiger partial charge in [-0.15, -0.1) is 5.10 Å². The lowest BCUT2D eigenvalue weighted by Gasteiger charge is -2.02. The Bertz CT molecular complexity index is 1300. The van der Waals surface area contributed by atoms with E-state index in [4.69, 9.17) is 0 Å². The zero-order valence-electron chi connectivity index (χ0n) is 13.1. The zero-order chi connectivity index (χ0) is 16.8. The lowest BCUT2D eigenvalue weighted by Crippen LogP contribution is -2.23. The van der Waals surface area contributed by atoms with E-state index in [0.717, 1.165) is 21.9 Å². The van der Waals surface area contributed by atoms with Crippen molar-refractivity contribution in [3.8, 4) is 0 Å². The van der Waals surface area contributed by atoms with E-state index in [1.807, 2.05) is 42.5 Å². The number of para-hydroxylation sites is 1. The number of benzene rings is 2. The van der Waals surface area contributed by atoms with Gasteiger partial charge in [0.15, 0.2) is 11.5 Å². The normalized spacial score (nSPS) is 11.5. The molecule has 7 nitrogen and oxygen atoms in total. The Morgan fingerprint density at radius 3 is 2.68 bits per heavy atom. The average Bonchev–Trinajstić information content (AvgIpc) is 3.07. The highest BCUT2D eigenvalue weighted by molar-refractivity contribution is 5.90. The number of hydrogen-bond acceptors (Lipinski definition) is 5. The van der Waals surface area contributed by atoms with Gasteiger partial charge < -0.3 is 0 Å². The van der Waals surface area contributed by atoms with Crippen molar-refractivity contribution in [1.82, 2.24) is 29.4 Å². The van der Waals surface area contributed by atoms with Crippen LogP contribution in [0.5, 0.6) is 0 Å². The second kappa shape index (κ2) is 5.20. The Morgan fingerprint density at radius 2 is 1.76 bits per heavy atom. The monoisotopic (exact) mass is 328 g/mol. The highest BCUT2D eigenvalue weighted by atomic mass is 16.1. The fourth-order valence-electron chi connectivity index (χ4n) is 2.97. The standard InChI is InChI=1S/C18H12N6O/c25-18-13-6-2-1-5-12(13)9-20-23(18)10-16-21-17-14-7-3-4-8-15(14)19-11-24(17)22-16/h1-9,11H,10H2. The second-order valence-corrected chi connectivity index (χ2v) is 5.75. The van der Waals surface area contributed by atoms with Crippen LogP contribution in [0.15, 0.2) is 65.8 Å². The molecule has 120 valence electrons. The molecule has 0 aliphatic heterocycles. The number of nitrogens with zero attached hydrogens (tertiary/aromatic N) is 6. The summed E-state index contributed by atoms with van der Waals surface area (Å²) in [5, 5.41) is 11.0. The van der Waals surface area contributed by atoms with E-state index in [0.29, 0.717) is 11.2 Å². The van der Waals surface area contributed by atoms with Crippen molar-refractivity contribution in [2.45, 2.75) is 6.54 Å². The Kier molecular flexibility index (Phi) is 2.87. The second-order valence-electron chi connectivity index (χ2n) is 5.75. The molecule has 0 fully saturated rings. The van der Waals surface area contributed by atoms with Gasteiger partial charge in [0.05, 0.1) is 17.1 Å². The molecule has 0 atom stereocenters. The van der Waals surface area contributed by atoms with Crippen LogP contribution in [-0.4, -0.2) is 29.4 Å². The largest absolute Gasteiger partial charge is 0.275 e. The Labute approximate surface area is 141 Å². The van der Waals surface area contributed by atoms with Crippen LogP contribution in [0.3, 0.4) is 0 Å². The van der Waals surface area contributed by atoms with Gasteiger partial charge in [0, 0.05) is 10.8 Å². The lowest BCUT2D eigenvalue weighted by molar-refractivity contribution is 0.620. The summed E-state index contributed by atoms with van der Waals surface area (Å²) < 4.78 is 3.01. The molecule has 0 N–H and O–H groups in total. The lowest BCUT2D eigenvalue weighted by atomic mass is 10.2. The third-order valence-electron chi connectivity index (χ3n) is 4.18. The minimum Gasteiger partial charge on any atom is -0.267 e. The molecule has 7 heteroatoms. The zero-order valence-corrected chi connectivity index (χ0v) is 13.1. The molecule has 3 heterocycles. The maximum Gasteiger partial charge on any atom is 0.275 e. The molecule has 25 heavy (non-hydrogen) atoms. The third-order valence-corrected chi connectivity index (χ3v) is 4.18. The molecule has 0 bridgehead atoms. The molecule has 3 aromatic heterocycles. The molecule has 0 saturated carbocycles. The van der Waals surface area contributed by atoms with E-state index < -0.39 is 0 Å². The van der Waals surface area contributed by atoms with E-state index >= 15 is 0 Å². The van der Waals surface area contributed by atoms with Crippen LogP contribution in [0.4, 0.5) is 0 Å². The first kappa shape index (κ1) is 13.8. The van der Waals surface area contributed by atoms with E-state index in [1.165, 1.54) is 4.68 Å². The molecule has 0 aliphatic carbocycles. The van der Waals surface area contributed by atoms with E-state index in [-0.39, 0.29) is 12.1 Å². The minimum absolute atomic E-state index is 0.153. The summed E-state index contributed by atoms with van der Waals surface area (Å²) in [5.41, 5.74) is 1.42. The van der Waals surface area contributed by atoms with Crippen LogP contribution >= 0.6 is 0 Å². The van der Waals surface area contributed by atoms with Crippen LogP contribution < -0.4 is 5.56 Å². The van der Waals surface area contributed by atoms with E-state index in [9.17, 15) is 4.79 Å². The smallest absolute Gasteiger partial charge is 0.267 e. The summed E-state index contributed by atoms with van der Waals surface area (Å²) in [6.45, 7) is 0.208. The molecule has 2 aromatic carbocycles. The summed E-state index contributed by atoms with van der Waals surface area (Å²) in [6, 6.07) is 15.1. The van der Waals surface area contributed by atoms with Crippen LogP contribution in [0.25, 0.3) is 27.3 Å². The molecule has 0 saturated heterocycles. The first-order valence-corrected chi connectivity index (χ1v) is 7.83. The third kappa shape index (κ3) is 2.17. The molecule has 0 aliphatic rings. The molecule has 0 radical (unpaired) electrons. The minimum atomic E-state index is -0.153. The van der Waals surface area contributed by atoms with Crippen molar-refractivity contribution in [3.63, 3.8) is 0 Å². The van der Waals surface area contributed by atoms with Crippen molar-refractivity contribution in [2.75, 3.05) is 0 Å². The predicted molar refractivity (Wildman–Crippen MR) is 93.4 cm³/mol. The molecular formula is C18H12N6O. The molecule has 0 spiro atoms. The van der Waals surface area contributed by atoms with Gasteiger partial charge in [-0.05, 0) is 18.2 Å². The van der Waals surface area contributed by atoms with Gasteiger partial charge in [-0.2, -0.15) is 5.10 Å². The number of hydrogen-bond donors (Lipinski definition) is 0. The van der Waals surface area contributed by atoms with Gasteiger partial charge in [0.2, 0.25) is 0 Å². The number of rotatable bonds is 2. The fraction of sp³-hybridized carbons (Fsp3) is 0.0556. The SMILES string of the molecule is O=c1c2ccccc2cnn1Cc1nc2c3ccccc3ncn2n1. The molecule has 0 unspecified atom stereocenters. The van der Waals surface area contributed by atoms with Crippen molar-refractivity contribution in [1.29, 1.82) is 0 Å². The Morgan fingerprint density at radius 1 is 0.960 bits per heavy atom. The number of aromatic nitrogens is 6. The van der Waals surface area contributed by atoms with Crippen LogP contribution in [0.1, 0.15) is 5.82 Å². The first-order chi connectivity index (χ1) is 12.3. The van der Waals surface area contributed by atoms with Gasteiger partial charge in [-0.25, -0.2) is 19.2 Å². The maximum absolute atomic E-state index is 12.6.